The van der Waals surface area contributed by atoms with Gasteiger partial charge in [-0.2, -0.15) is 0 Å². The van der Waals surface area contributed by atoms with Gasteiger partial charge < -0.3 is 10.1 Å². The number of benzene rings is 3. The lowest BCUT2D eigenvalue weighted by molar-refractivity contribution is -0.119. The monoisotopic (exact) mass is 460 g/mol. The molecule has 0 saturated carbocycles. The van der Waals surface area contributed by atoms with E-state index in [1.165, 1.54) is 16.7 Å². The van der Waals surface area contributed by atoms with Crippen LogP contribution < -0.4 is 10.2 Å². The SMILES string of the molecule is CCOC(=O)c1ccc2c(c1)N(CC(=O)NCc1ccc(C)cc1)C(=O)c1ccccc1S2. The maximum Gasteiger partial charge on any atom is 0.338 e. The van der Waals surface area contributed by atoms with E-state index >= 15 is 0 Å². The Morgan fingerprint density at radius 2 is 1.76 bits per heavy atom. The number of aryl methyl sites for hydroxylation is 1. The number of esters is 1. The Morgan fingerprint density at radius 3 is 2.52 bits per heavy atom. The van der Waals surface area contributed by atoms with Gasteiger partial charge in [0, 0.05) is 16.3 Å². The molecule has 0 radical (unpaired) electrons. The third-order valence-electron chi connectivity index (χ3n) is 5.26. The van der Waals surface area contributed by atoms with Gasteiger partial charge in [-0.1, -0.05) is 53.7 Å². The molecule has 4 rings (SSSR count). The predicted octanol–water partition coefficient (Wildman–Crippen LogP) is 4.60. The molecule has 0 aromatic heterocycles. The highest BCUT2D eigenvalue weighted by molar-refractivity contribution is 7.99. The summed E-state index contributed by atoms with van der Waals surface area (Å²) in [4.78, 5) is 41.7. The number of fused-ring (bicyclic) bond motifs is 2. The second-order valence-corrected chi connectivity index (χ2v) is 8.74. The fourth-order valence-electron chi connectivity index (χ4n) is 3.52. The number of carbonyl (C=O) groups excluding carboxylic acids is 3. The number of nitrogens with zero attached hydrogens (tertiary/aromatic N) is 1. The number of nitrogens with one attached hydrogen (secondary N) is 1. The van der Waals surface area contributed by atoms with Crippen molar-refractivity contribution < 1.29 is 19.1 Å². The molecule has 1 heterocycles. The zero-order valence-corrected chi connectivity index (χ0v) is 19.3. The van der Waals surface area contributed by atoms with E-state index in [2.05, 4.69) is 5.32 Å². The van der Waals surface area contributed by atoms with Crippen molar-refractivity contribution in [2.75, 3.05) is 18.1 Å². The van der Waals surface area contributed by atoms with Crippen molar-refractivity contribution in [1.29, 1.82) is 0 Å². The van der Waals surface area contributed by atoms with Crippen LogP contribution in [0.15, 0.2) is 76.5 Å². The number of hydrogen-bond donors (Lipinski definition) is 1. The average molecular weight is 461 g/mol. The number of hydrogen-bond acceptors (Lipinski definition) is 5. The van der Waals surface area contributed by atoms with Gasteiger partial charge in [0.1, 0.15) is 6.54 Å². The molecule has 0 unspecified atom stereocenters. The van der Waals surface area contributed by atoms with Gasteiger partial charge in [0.2, 0.25) is 5.91 Å². The Kier molecular flexibility index (Phi) is 6.79. The molecule has 6 nitrogen and oxygen atoms in total. The van der Waals surface area contributed by atoms with Crippen molar-refractivity contribution in [2.45, 2.75) is 30.2 Å². The Morgan fingerprint density at radius 1 is 1.00 bits per heavy atom. The molecule has 0 aliphatic carbocycles. The van der Waals surface area contributed by atoms with E-state index in [1.807, 2.05) is 43.3 Å². The summed E-state index contributed by atoms with van der Waals surface area (Å²) >= 11 is 1.44. The lowest BCUT2D eigenvalue weighted by atomic mass is 10.1. The quantitative estimate of drug-likeness (QED) is 0.544. The molecule has 3 aromatic carbocycles. The summed E-state index contributed by atoms with van der Waals surface area (Å²) in [5, 5.41) is 2.89. The summed E-state index contributed by atoms with van der Waals surface area (Å²) in [6.45, 7) is 4.19. The zero-order chi connectivity index (χ0) is 23.4. The molecule has 0 atom stereocenters. The van der Waals surface area contributed by atoms with Crippen LogP contribution in [0.2, 0.25) is 0 Å². The standard InChI is InChI=1S/C26H24N2O4S/c1-3-32-26(31)19-12-13-23-21(14-19)28(25(30)20-6-4-5-7-22(20)33-23)16-24(29)27-15-18-10-8-17(2)9-11-18/h4-14H,3,15-16H2,1-2H3,(H,27,29). The molecule has 0 bridgehead atoms. The average Bonchev–Trinajstić information content (AvgIpc) is 2.93. The fourth-order valence-corrected chi connectivity index (χ4v) is 4.58. The first-order valence-corrected chi connectivity index (χ1v) is 11.5. The maximum atomic E-state index is 13.5. The van der Waals surface area contributed by atoms with Crippen molar-refractivity contribution >= 4 is 35.2 Å². The van der Waals surface area contributed by atoms with Gasteiger partial charge in [0.05, 0.1) is 23.4 Å². The van der Waals surface area contributed by atoms with E-state index < -0.39 is 5.97 Å². The van der Waals surface area contributed by atoms with Crippen LogP contribution in [0.3, 0.4) is 0 Å². The minimum absolute atomic E-state index is 0.168. The highest BCUT2D eigenvalue weighted by Crippen LogP contribution is 2.41. The summed E-state index contributed by atoms with van der Waals surface area (Å²) < 4.78 is 5.12. The molecule has 1 N–H and O–H groups in total. The molecular formula is C26H24N2O4S. The lowest BCUT2D eigenvalue weighted by Crippen LogP contribution is -2.40. The summed E-state index contributed by atoms with van der Waals surface area (Å²) in [5.41, 5.74) is 3.48. The maximum absolute atomic E-state index is 13.5. The molecule has 0 saturated heterocycles. The molecule has 1 aliphatic rings. The first-order chi connectivity index (χ1) is 16.0. The lowest BCUT2D eigenvalue weighted by Gasteiger charge is -2.23. The molecule has 168 valence electrons. The van der Waals surface area contributed by atoms with Gasteiger partial charge >= 0.3 is 5.97 Å². The van der Waals surface area contributed by atoms with E-state index in [4.69, 9.17) is 4.74 Å². The number of carbonyl (C=O) groups is 3. The summed E-state index contributed by atoms with van der Waals surface area (Å²) in [6, 6.07) is 20.3. The smallest absolute Gasteiger partial charge is 0.338 e. The predicted molar refractivity (Wildman–Crippen MR) is 128 cm³/mol. The van der Waals surface area contributed by atoms with E-state index in [9.17, 15) is 14.4 Å². The molecule has 2 amide bonds. The van der Waals surface area contributed by atoms with Crippen LogP contribution in [0.5, 0.6) is 0 Å². The van der Waals surface area contributed by atoms with Crippen molar-refractivity contribution in [3.63, 3.8) is 0 Å². The van der Waals surface area contributed by atoms with Crippen molar-refractivity contribution in [3.8, 4) is 0 Å². The molecule has 0 fully saturated rings. The number of amides is 2. The van der Waals surface area contributed by atoms with E-state index in [0.29, 0.717) is 23.4 Å². The van der Waals surface area contributed by atoms with Gasteiger partial charge in [-0.15, -0.1) is 0 Å². The third-order valence-corrected chi connectivity index (χ3v) is 6.40. The second kappa shape index (κ2) is 9.92. The van der Waals surface area contributed by atoms with Crippen LogP contribution in [-0.2, 0) is 16.1 Å². The molecular weight excluding hydrogens is 436 g/mol. The number of anilines is 1. The van der Waals surface area contributed by atoms with Gasteiger partial charge in [0.25, 0.3) is 5.91 Å². The molecule has 33 heavy (non-hydrogen) atoms. The van der Waals surface area contributed by atoms with Crippen LogP contribution >= 0.6 is 11.8 Å². The first-order valence-electron chi connectivity index (χ1n) is 10.7. The van der Waals surface area contributed by atoms with Gasteiger partial charge in [-0.25, -0.2) is 4.79 Å². The molecule has 3 aromatic rings. The Hall–Kier alpha value is -3.58. The zero-order valence-electron chi connectivity index (χ0n) is 18.5. The first kappa shape index (κ1) is 22.6. The van der Waals surface area contributed by atoms with Crippen LogP contribution in [0.25, 0.3) is 0 Å². The fraction of sp³-hybridized carbons (Fsp3) is 0.192. The highest BCUT2D eigenvalue weighted by atomic mass is 32.2. The topological polar surface area (TPSA) is 75.7 Å². The van der Waals surface area contributed by atoms with Crippen LogP contribution in [-0.4, -0.2) is 30.9 Å². The van der Waals surface area contributed by atoms with Crippen molar-refractivity contribution in [1.82, 2.24) is 5.32 Å². The van der Waals surface area contributed by atoms with E-state index in [0.717, 1.165) is 20.9 Å². The number of ether oxygens (including phenoxy) is 1. The Labute approximate surface area is 196 Å². The van der Waals surface area contributed by atoms with Gasteiger partial charge in [-0.3, -0.25) is 14.5 Å². The molecule has 1 aliphatic heterocycles. The summed E-state index contributed by atoms with van der Waals surface area (Å²) in [6.07, 6.45) is 0. The van der Waals surface area contributed by atoms with Crippen LogP contribution in [0, 0.1) is 6.92 Å². The minimum atomic E-state index is -0.469. The van der Waals surface area contributed by atoms with Crippen LogP contribution in [0.4, 0.5) is 5.69 Å². The third kappa shape index (κ3) is 5.09. The Bertz CT molecular complexity index is 1210. The van der Waals surface area contributed by atoms with Gasteiger partial charge in [-0.05, 0) is 49.7 Å². The van der Waals surface area contributed by atoms with Crippen molar-refractivity contribution in [2.24, 2.45) is 0 Å². The molecule has 0 spiro atoms. The largest absolute Gasteiger partial charge is 0.462 e. The van der Waals surface area contributed by atoms with E-state index in [1.54, 1.807) is 37.3 Å². The Balaban J connectivity index is 1.63. The number of rotatable bonds is 6. The highest BCUT2D eigenvalue weighted by Gasteiger charge is 2.29. The van der Waals surface area contributed by atoms with Crippen molar-refractivity contribution in [3.05, 3.63) is 89.0 Å². The van der Waals surface area contributed by atoms with E-state index in [-0.39, 0.29) is 25.0 Å². The molecule has 7 heteroatoms. The summed E-state index contributed by atoms with van der Waals surface area (Å²) in [5.74, 6) is -1.05. The second-order valence-electron chi connectivity index (χ2n) is 7.65. The summed E-state index contributed by atoms with van der Waals surface area (Å²) in [7, 11) is 0. The normalized spacial score (nSPS) is 12.4. The van der Waals surface area contributed by atoms with Crippen LogP contribution in [0.1, 0.15) is 38.8 Å². The van der Waals surface area contributed by atoms with Gasteiger partial charge in [0.15, 0.2) is 0 Å². The minimum Gasteiger partial charge on any atom is -0.462 e.